The van der Waals surface area contributed by atoms with Crippen LogP contribution in [0.5, 0.6) is 5.75 Å². The lowest BCUT2D eigenvalue weighted by Gasteiger charge is -2.10. The van der Waals surface area contributed by atoms with Gasteiger partial charge in [-0.15, -0.1) is 0 Å². The van der Waals surface area contributed by atoms with Crippen LogP contribution in [0, 0.1) is 6.92 Å². The third-order valence-electron chi connectivity index (χ3n) is 4.74. The van der Waals surface area contributed by atoms with Crippen molar-refractivity contribution in [3.8, 4) is 5.75 Å². The van der Waals surface area contributed by atoms with Gasteiger partial charge in [-0.1, -0.05) is 54.6 Å². The molecule has 0 aromatic heterocycles. The first kappa shape index (κ1) is 22.5. The van der Waals surface area contributed by atoms with Crippen LogP contribution < -0.4 is 14.8 Å². The van der Waals surface area contributed by atoms with E-state index in [-0.39, 0.29) is 12.3 Å². The number of ether oxygens (including phenoxy) is 1. The molecule has 3 aromatic rings. The van der Waals surface area contributed by atoms with Crippen LogP contribution in [0.3, 0.4) is 0 Å². The summed E-state index contributed by atoms with van der Waals surface area (Å²) >= 11 is 0. The zero-order valence-electron chi connectivity index (χ0n) is 17.4. The van der Waals surface area contributed by atoms with Crippen molar-refractivity contribution in [3.63, 3.8) is 0 Å². The molecule has 0 saturated heterocycles. The Labute approximate surface area is 183 Å². The zero-order chi connectivity index (χ0) is 22.1. The van der Waals surface area contributed by atoms with Crippen LogP contribution in [0.15, 0.2) is 78.9 Å². The summed E-state index contributed by atoms with van der Waals surface area (Å²) in [4.78, 5) is 12.1. The molecular formula is C24H26N2O4S. The smallest absolute Gasteiger partial charge is 0.239 e. The average Bonchev–Trinajstić information content (AvgIpc) is 2.78. The number of sulfonamides is 1. The highest BCUT2D eigenvalue weighted by atomic mass is 32.2. The molecule has 0 radical (unpaired) electrons. The van der Waals surface area contributed by atoms with Gasteiger partial charge in [-0.2, -0.15) is 0 Å². The van der Waals surface area contributed by atoms with E-state index in [1.165, 1.54) is 0 Å². The van der Waals surface area contributed by atoms with Crippen molar-refractivity contribution in [1.82, 2.24) is 4.72 Å². The molecule has 0 unspecified atom stereocenters. The number of hydrogen-bond acceptors (Lipinski definition) is 4. The van der Waals surface area contributed by atoms with Crippen molar-refractivity contribution in [2.24, 2.45) is 0 Å². The number of carbonyl (C=O) groups excluding carboxylic acids is 1. The Morgan fingerprint density at radius 3 is 2.29 bits per heavy atom. The minimum absolute atomic E-state index is 0.0708. The quantitative estimate of drug-likeness (QED) is 0.506. The fourth-order valence-corrected chi connectivity index (χ4v) is 3.95. The largest absolute Gasteiger partial charge is 0.489 e. The van der Waals surface area contributed by atoms with Gasteiger partial charge in [0.2, 0.25) is 15.9 Å². The van der Waals surface area contributed by atoms with Gasteiger partial charge in [-0.25, -0.2) is 13.1 Å². The SMILES string of the molecule is Cc1ccccc1CCS(=O)(=O)NCC(=O)Nc1ccc(OCc2ccccc2)cc1. The molecule has 3 rings (SSSR count). The van der Waals surface area contributed by atoms with Crippen molar-refractivity contribution in [3.05, 3.63) is 95.6 Å². The van der Waals surface area contributed by atoms with E-state index in [9.17, 15) is 13.2 Å². The molecule has 0 spiro atoms. The molecule has 3 aromatic carbocycles. The zero-order valence-corrected chi connectivity index (χ0v) is 18.2. The van der Waals surface area contributed by atoms with Gasteiger partial charge in [0.15, 0.2) is 0 Å². The molecular weight excluding hydrogens is 412 g/mol. The van der Waals surface area contributed by atoms with Gasteiger partial charge < -0.3 is 10.1 Å². The third-order valence-corrected chi connectivity index (χ3v) is 6.07. The summed E-state index contributed by atoms with van der Waals surface area (Å²) in [5, 5.41) is 2.68. The van der Waals surface area contributed by atoms with E-state index in [1.54, 1.807) is 24.3 Å². The van der Waals surface area contributed by atoms with Crippen molar-refractivity contribution in [2.45, 2.75) is 20.0 Å². The Morgan fingerprint density at radius 1 is 0.903 bits per heavy atom. The van der Waals surface area contributed by atoms with E-state index < -0.39 is 15.9 Å². The topological polar surface area (TPSA) is 84.5 Å². The molecule has 0 heterocycles. The van der Waals surface area contributed by atoms with Crippen molar-refractivity contribution < 1.29 is 17.9 Å². The van der Waals surface area contributed by atoms with E-state index in [4.69, 9.17) is 4.74 Å². The van der Waals surface area contributed by atoms with E-state index in [0.717, 1.165) is 16.7 Å². The molecule has 7 heteroatoms. The minimum atomic E-state index is -3.56. The molecule has 2 N–H and O–H groups in total. The highest BCUT2D eigenvalue weighted by Gasteiger charge is 2.13. The summed E-state index contributed by atoms with van der Waals surface area (Å²) < 4.78 is 32.5. The standard InChI is InChI=1S/C24H26N2O4S/c1-19-7-5-6-10-21(19)15-16-31(28,29)25-17-24(27)26-22-11-13-23(14-12-22)30-18-20-8-3-2-4-9-20/h2-14,25H,15-18H2,1H3,(H,26,27). The molecule has 0 atom stereocenters. The molecule has 0 bridgehead atoms. The summed E-state index contributed by atoms with van der Waals surface area (Å²) in [6.45, 7) is 2.08. The van der Waals surface area contributed by atoms with Crippen LogP contribution in [0.25, 0.3) is 0 Å². The predicted molar refractivity (Wildman–Crippen MR) is 123 cm³/mol. The second-order valence-electron chi connectivity index (χ2n) is 7.16. The van der Waals surface area contributed by atoms with E-state index >= 15 is 0 Å². The fourth-order valence-electron chi connectivity index (χ4n) is 2.96. The number of amides is 1. The Morgan fingerprint density at radius 2 is 1.58 bits per heavy atom. The maximum absolute atomic E-state index is 12.2. The first-order valence-electron chi connectivity index (χ1n) is 10.00. The monoisotopic (exact) mass is 438 g/mol. The highest BCUT2D eigenvalue weighted by Crippen LogP contribution is 2.17. The average molecular weight is 439 g/mol. The van der Waals surface area contributed by atoms with Crippen LogP contribution >= 0.6 is 0 Å². The van der Waals surface area contributed by atoms with Crippen molar-refractivity contribution in [1.29, 1.82) is 0 Å². The van der Waals surface area contributed by atoms with Gasteiger partial charge >= 0.3 is 0 Å². The van der Waals surface area contributed by atoms with Gasteiger partial charge in [0.25, 0.3) is 0 Å². The van der Waals surface area contributed by atoms with Crippen molar-refractivity contribution in [2.75, 3.05) is 17.6 Å². The number of anilines is 1. The number of benzene rings is 3. The maximum atomic E-state index is 12.2. The van der Waals surface area contributed by atoms with Crippen LogP contribution in [-0.4, -0.2) is 26.6 Å². The maximum Gasteiger partial charge on any atom is 0.239 e. The van der Waals surface area contributed by atoms with Crippen LogP contribution in [0.1, 0.15) is 16.7 Å². The molecule has 0 fully saturated rings. The van der Waals surface area contributed by atoms with Crippen LogP contribution in [0.2, 0.25) is 0 Å². The summed E-state index contributed by atoms with van der Waals surface area (Å²) in [6, 6.07) is 24.4. The molecule has 0 aliphatic carbocycles. The first-order chi connectivity index (χ1) is 14.9. The Bertz CT molecular complexity index is 1100. The van der Waals surface area contributed by atoms with Gasteiger partial charge in [-0.3, -0.25) is 4.79 Å². The molecule has 1 amide bonds. The lowest BCUT2D eigenvalue weighted by molar-refractivity contribution is -0.115. The van der Waals surface area contributed by atoms with Gasteiger partial charge in [0.1, 0.15) is 12.4 Å². The number of aryl methyl sites for hydroxylation is 2. The summed E-state index contributed by atoms with van der Waals surface area (Å²) in [5.41, 5.74) is 3.66. The number of carbonyl (C=O) groups is 1. The second-order valence-corrected chi connectivity index (χ2v) is 9.09. The summed E-state index contributed by atoms with van der Waals surface area (Å²) in [5.74, 6) is 0.176. The summed E-state index contributed by atoms with van der Waals surface area (Å²) in [6.07, 6.45) is 0.397. The molecule has 0 aliphatic heterocycles. The lowest BCUT2D eigenvalue weighted by atomic mass is 10.1. The van der Waals surface area contributed by atoms with Crippen molar-refractivity contribution >= 4 is 21.6 Å². The normalized spacial score (nSPS) is 11.1. The second kappa shape index (κ2) is 10.7. The van der Waals surface area contributed by atoms with E-state index in [2.05, 4.69) is 10.0 Å². The summed E-state index contributed by atoms with van der Waals surface area (Å²) in [7, 11) is -3.56. The van der Waals surface area contributed by atoms with Crippen LogP contribution in [0.4, 0.5) is 5.69 Å². The Balaban J connectivity index is 1.43. The molecule has 0 aliphatic rings. The molecule has 162 valence electrons. The molecule has 0 saturated carbocycles. The highest BCUT2D eigenvalue weighted by molar-refractivity contribution is 7.89. The molecule has 6 nitrogen and oxygen atoms in total. The Hall–Kier alpha value is -3.16. The fraction of sp³-hybridized carbons (Fsp3) is 0.208. The first-order valence-corrected chi connectivity index (χ1v) is 11.6. The van der Waals surface area contributed by atoms with Gasteiger partial charge in [0, 0.05) is 5.69 Å². The minimum Gasteiger partial charge on any atom is -0.489 e. The molecule has 31 heavy (non-hydrogen) atoms. The van der Waals surface area contributed by atoms with Crippen LogP contribution in [-0.2, 0) is 27.8 Å². The predicted octanol–water partition coefficient (Wildman–Crippen LogP) is 3.67. The van der Waals surface area contributed by atoms with E-state index in [1.807, 2.05) is 61.5 Å². The number of rotatable bonds is 10. The number of nitrogens with one attached hydrogen (secondary N) is 2. The van der Waals surface area contributed by atoms with Gasteiger partial charge in [0.05, 0.1) is 12.3 Å². The lowest BCUT2D eigenvalue weighted by Crippen LogP contribution is -2.34. The van der Waals surface area contributed by atoms with Gasteiger partial charge in [-0.05, 0) is 54.3 Å². The van der Waals surface area contributed by atoms with E-state index in [0.29, 0.717) is 24.5 Å². The number of hydrogen-bond donors (Lipinski definition) is 2. The Kier molecular flexibility index (Phi) is 7.81. The third kappa shape index (κ3) is 7.55.